The molecule has 1 aliphatic rings. The number of carbonyl (C=O) groups is 1. The number of nitrogens with zero attached hydrogens (tertiary/aromatic N) is 3. The molecule has 184 valence electrons. The van der Waals surface area contributed by atoms with Crippen LogP contribution < -0.4 is 0 Å². The summed E-state index contributed by atoms with van der Waals surface area (Å²) >= 11 is 1.34. The Morgan fingerprint density at radius 1 is 1.33 bits per heavy atom. The molecule has 1 aromatic heterocycles. The van der Waals surface area contributed by atoms with E-state index in [2.05, 4.69) is 0 Å². The number of imidazole rings is 1. The number of esters is 1. The summed E-state index contributed by atoms with van der Waals surface area (Å²) in [5, 5.41) is 0.235. The highest BCUT2D eigenvalue weighted by atomic mass is 32.2. The van der Waals surface area contributed by atoms with Crippen LogP contribution in [0.3, 0.4) is 0 Å². The lowest BCUT2D eigenvalue weighted by Crippen LogP contribution is -2.30. The zero-order valence-electron chi connectivity index (χ0n) is 20.0. The molecule has 0 spiro atoms. The number of unbranched alkanes of at least 4 members (excludes halogenated alkanes) is 1. The summed E-state index contributed by atoms with van der Waals surface area (Å²) in [5.74, 6) is -0.269. The van der Waals surface area contributed by atoms with Crippen molar-refractivity contribution in [2.24, 2.45) is 0 Å². The standard InChI is InChI=1S/C23H35N3O5S2/c1-5-8-13-31-22(27)17(4)32-23-24-20-15-19(33(28,29)25(6-2)7-3)11-12-21(20)26(23)16-18-10-9-14-30-18/h11-12,15,17-18H,5-10,13-14,16H2,1-4H3/t17-,18-/m1/s1. The molecule has 2 atom stereocenters. The van der Waals surface area contributed by atoms with Gasteiger partial charge in [0.25, 0.3) is 0 Å². The smallest absolute Gasteiger partial charge is 0.319 e. The first-order valence-corrected chi connectivity index (χ1v) is 14.1. The van der Waals surface area contributed by atoms with Gasteiger partial charge in [-0.15, -0.1) is 0 Å². The minimum atomic E-state index is -3.59. The molecular formula is C23H35N3O5S2. The van der Waals surface area contributed by atoms with Gasteiger partial charge in [0.05, 0.1) is 35.2 Å². The number of hydrogen-bond donors (Lipinski definition) is 0. The van der Waals surface area contributed by atoms with Gasteiger partial charge < -0.3 is 14.0 Å². The molecule has 3 rings (SSSR count). The van der Waals surface area contributed by atoms with Gasteiger partial charge in [-0.25, -0.2) is 13.4 Å². The number of hydrogen-bond acceptors (Lipinski definition) is 7. The topological polar surface area (TPSA) is 90.7 Å². The third-order valence-corrected chi connectivity index (χ3v) is 8.91. The van der Waals surface area contributed by atoms with E-state index < -0.39 is 15.3 Å². The van der Waals surface area contributed by atoms with Gasteiger partial charge in [-0.3, -0.25) is 4.79 Å². The van der Waals surface area contributed by atoms with Crippen LogP contribution >= 0.6 is 11.8 Å². The number of benzene rings is 1. The molecule has 1 aliphatic heterocycles. The number of aromatic nitrogens is 2. The number of thioether (sulfide) groups is 1. The van der Waals surface area contributed by atoms with E-state index in [0.717, 1.165) is 37.8 Å². The lowest BCUT2D eigenvalue weighted by atomic mass is 10.2. The maximum atomic E-state index is 13.0. The predicted octanol–water partition coefficient (Wildman–Crippen LogP) is 4.07. The minimum Gasteiger partial charge on any atom is -0.465 e. The first-order chi connectivity index (χ1) is 15.8. The zero-order chi connectivity index (χ0) is 24.0. The fraction of sp³-hybridized carbons (Fsp3) is 0.652. The lowest BCUT2D eigenvalue weighted by molar-refractivity contribution is -0.142. The van der Waals surface area contributed by atoms with E-state index in [1.165, 1.54) is 16.1 Å². The molecule has 1 saturated heterocycles. The van der Waals surface area contributed by atoms with Gasteiger partial charge >= 0.3 is 5.97 Å². The van der Waals surface area contributed by atoms with Crippen LogP contribution in [0.5, 0.6) is 0 Å². The van der Waals surface area contributed by atoms with Gasteiger partial charge in [0, 0.05) is 19.7 Å². The molecule has 33 heavy (non-hydrogen) atoms. The second kappa shape index (κ2) is 11.7. The highest BCUT2D eigenvalue weighted by Gasteiger charge is 2.26. The highest BCUT2D eigenvalue weighted by molar-refractivity contribution is 8.00. The van der Waals surface area contributed by atoms with Crippen LogP contribution in [0.1, 0.15) is 53.4 Å². The van der Waals surface area contributed by atoms with Crippen LogP contribution in [0.4, 0.5) is 0 Å². The number of fused-ring (bicyclic) bond motifs is 1. The van der Waals surface area contributed by atoms with Gasteiger partial charge in [0.2, 0.25) is 10.0 Å². The van der Waals surface area contributed by atoms with Gasteiger partial charge in [-0.1, -0.05) is 39.0 Å². The van der Waals surface area contributed by atoms with Crippen molar-refractivity contribution in [3.8, 4) is 0 Å². The maximum absolute atomic E-state index is 13.0. The second-order valence-electron chi connectivity index (χ2n) is 8.16. The van der Waals surface area contributed by atoms with Crippen LogP contribution in [-0.2, 0) is 30.8 Å². The predicted molar refractivity (Wildman–Crippen MR) is 130 cm³/mol. The maximum Gasteiger partial charge on any atom is 0.319 e. The number of carbonyl (C=O) groups excluding carboxylic acids is 1. The molecule has 0 saturated carbocycles. The lowest BCUT2D eigenvalue weighted by Gasteiger charge is -2.18. The summed E-state index contributed by atoms with van der Waals surface area (Å²) in [4.78, 5) is 17.4. The normalized spacial score (nSPS) is 17.7. The quantitative estimate of drug-likeness (QED) is 0.248. The molecule has 0 aliphatic carbocycles. The van der Waals surface area contributed by atoms with E-state index in [0.29, 0.717) is 36.9 Å². The van der Waals surface area contributed by atoms with E-state index >= 15 is 0 Å². The van der Waals surface area contributed by atoms with Gasteiger partial charge in [-0.05, 0) is 44.4 Å². The van der Waals surface area contributed by atoms with E-state index in [1.54, 1.807) is 12.1 Å². The van der Waals surface area contributed by atoms with Crippen molar-refractivity contribution in [3.05, 3.63) is 18.2 Å². The first-order valence-electron chi connectivity index (χ1n) is 11.8. The van der Waals surface area contributed by atoms with Gasteiger partial charge in [0.15, 0.2) is 5.16 Å². The molecule has 1 fully saturated rings. The molecule has 1 aromatic carbocycles. The Hall–Kier alpha value is -1.62. The number of ether oxygens (including phenoxy) is 2. The van der Waals surface area contributed by atoms with Crippen molar-refractivity contribution in [3.63, 3.8) is 0 Å². The molecule has 2 heterocycles. The summed E-state index contributed by atoms with van der Waals surface area (Å²) in [6, 6.07) is 5.08. The summed E-state index contributed by atoms with van der Waals surface area (Å²) in [6.45, 7) is 10.1. The van der Waals surface area contributed by atoms with Crippen LogP contribution in [0.15, 0.2) is 28.3 Å². The third kappa shape index (κ3) is 6.09. The Balaban J connectivity index is 1.94. The fourth-order valence-corrected chi connectivity index (χ4v) is 6.27. The van der Waals surface area contributed by atoms with Crippen molar-refractivity contribution >= 4 is 38.8 Å². The summed E-state index contributed by atoms with van der Waals surface area (Å²) in [7, 11) is -3.59. The molecule has 10 heteroatoms. The Morgan fingerprint density at radius 3 is 2.73 bits per heavy atom. The Bertz CT molecular complexity index is 1040. The van der Waals surface area contributed by atoms with Gasteiger partial charge in [0.1, 0.15) is 5.25 Å². The number of rotatable bonds is 12. The van der Waals surface area contributed by atoms with Crippen LogP contribution in [0.25, 0.3) is 11.0 Å². The van der Waals surface area contributed by atoms with Crippen LogP contribution in [-0.4, -0.2) is 65.9 Å². The van der Waals surface area contributed by atoms with Crippen molar-refractivity contribution in [1.29, 1.82) is 0 Å². The molecule has 0 N–H and O–H groups in total. The summed E-state index contributed by atoms with van der Waals surface area (Å²) < 4.78 is 40.7. The second-order valence-corrected chi connectivity index (χ2v) is 11.4. The molecule has 0 radical (unpaired) electrons. The largest absolute Gasteiger partial charge is 0.465 e. The average molecular weight is 498 g/mol. The van der Waals surface area contributed by atoms with E-state index in [1.807, 2.05) is 38.3 Å². The third-order valence-electron chi connectivity index (χ3n) is 5.79. The van der Waals surface area contributed by atoms with Crippen molar-refractivity contribution in [2.75, 3.05) is 26.3 Å². The molecule has 0 unspecified atom stereocenters. The molecule has 8 nitrogen and oxygen atoms in total. The number of sulfonamides is 1. The van der Waals surface area contributed by atoms with Crippen molar-refractivity contribution in [1.82, 2.24) is 13.9 Å². The van der Waals surface area contributed by atoms with E-state index in [9.17, 15) is 13.2 Å². The van der Waals surface area contributed by atoms with E-state index in [4.69, 9.17) is 14.5 Å². The Morgan fingerprint density at radius 2 is 2.09 bits per heavy atom. The molecule has 2 aromatic rings. The van der Waals surface area contributed by atoms with E-state index in [-0.39, 0.29) is 17.0 Å². The highest BCUT2D eigenvalue weighted by Crippen LogP contribution is 2.31. The Labute approximate surface area is 201 Å². The van der Waals surface area contributed by atoms with Gasteiger partial charge in [-0.2, -0.15) is 4.31 Å². The van der Waals surface area contributed by atoms with Crippen LogP contribution in [0, 0.1) is 0 Å². The zero-order valence-corrected chi connectivity index (χ0v) is 21.6. The monoisotopic (exact) mass is 497 g/mol. The minimum absolute atomic E-state index is 0.0765. The molecule has 0 amide bonds. The van der Waals surface area contributed by atoms with Crippen LogP contribution in [0.2, 0.25) is 0 Å². The van der Waals surface area contributed by atoms with Crippen molar-refractivity contribution < 1.29 is 22.7 Å². The molecular weight excluding hydrogens is 462 g/mol. The fourth-order valence-electron chi connectivity index (χ4n) is 3.86. The first kappa shape index (κ1) is 26.0. The molecule has 0 bridgehead atoms. The van der Waals surface area contributed by atoms with Crippen molar-refractivity contribution in [2.45, 2.75) is 81.3 Å². The Kier molecular flexibility index (Phi) is 9.20. The SMILES string of the molecule is CCCCOC(=O)[C@@H](C)Sc1nc2cc(S(=O)(=O)N(CC)CC)ccc2n1C[C@H]1CCCO1. The summed E-state index contributed by atoms with van der Waals surface area (Å²) in [5.41, 5.74) is 1.42. The summed E-state index contributed by atoms with van der Waals surface area (Å²) in [6.07, 6.45) is 3.86. The average Bonchev–Trinajstić information content (AvgIpc) is 3.42.